The van der Waals surface area contributed by atoms with E-state index in [4.69, 9.17) is 5.11 Å². The number of phenolic OH excluding ortho intramolecular Hbond substituents is 3. The minimum Gasteiger partial charge on any atom is -0.504 e. The molecule has 1 heterocycles. The summed E-state index contributed by atoms with van der Waals surface area (Å²) < 4.78 is 1.32. The Bertz CT molecular complexity index is 522. The molecule has 0 saturated heterocycles. The minimum absolute atomic E-state index is 0.268. The third-order valence-electron chi connectivity index (χ3n) is 1.90. The van der Waals surface area contributed by atoms with Crippen molar-refractivity contribution < 1.29 is 15.3 Å². The van der Waals surface area contributed by atoms with Gasteiger partial charge in [0.1, 0.15) is 12.7 Å². The van der Waals surface area contributed by atoms with Gasteiger partial charge in [0.25, 0.3) is 0 Å². The second kappa shape index (κ2) is 3.89. The molecule has 0 aliphatic heterocycles. The molecule has 2 rings (SSSR count). The van der Waals surface area contributed by atoms with Crippen molar-refractivity contribution in [2.45, 2.75) is 0 Å². The van der Waals surface area contributed by atoms with Gasteiger partial charge in [0.2, 0.25) is 5.75 Å². The highest BCUT2D eigenvalue weighted by Gasteiger charge is 2.08. The lowest BCUT2D eigenvalue weighted by molar-refractivity contribution is 0.367. The van der Waals surface area contributed by atoms with Crippen molar-refractivity contribution in [3.63, 3.8) is 0 Å². The maximum atomic E-state index is 9.47. The van der Waals surface area contributed by atoms with E-state index in [1.54, 1.807) is 0 Å². The van der Waals surface area contributed by atoms with Gasteiger partial charge < -0.3 is 15.3 Å². The van der Waals surface area contributed by atoms with Gasteiger partial charge in [-0.3, -0.25) is 0 Å². The van der Waals surface area contributed by atoms with Gasteiger partial charge >= 0.3 is 0 Å². The molecule has 0 bridgehead atoms. The summed E-state index contributed by atoms with van der Waals surface area (Å²) in [4.78, 5) is 0. The van der Waals surface area contributed by atoms with Crippen molar-refractivity contribution in [1.29, 1.82) is 0 Å². The summed E-state index contributed by atoms with van der Waals surface area (Å²) in [5.41, 5.74) is 0.268. The van der Waals surface area contributed by atoms with Crippen molar-refractivity contribution in [2.24, 2.45) is 5.10 Å². The van der Waals surface area contributed by atoms with Crippen LogP contribution in [0.15, 0.2) is 29.9 Å². The maximum absolute atomic E-state index is 9.47. The quantitative estimate of drug-likeness (QED) is 0.498. The van der Waals surface area contributed by atoms with Crippen LogP contribution in [0.4, 0.5) is 0 Å². The molecule has 0 radical (unpaired) electrons. The summed E-state index contributed by atoms with van der Waals surface area (Å²) in [6.07, 6.45) is 4.04. The lowest BCUT2D eigenvalue weighted by Gasteiger charge is -2.02. The Balaban J connectivity index is 2.32. The van der Waals surface area contributed by atoms with E-state index in [0.717, 1.165) is 0 Å². The lowest BCUT2D eigenvalue weighted by atomic mass is 10.2. The molecule has 0 amide bonds. The monoisotopic (exact) mass is 220 g/mol. The molecular weight excluding hydrogens is 212 g/mol. The van der Waals surface area contributed by atoms with Crippen LogP contribution < -0.4 is 0 Å². The first-order valence-electron chi connectivity index (χ1n) is 4.31. The second-order valence-electron chi connectivity index (χ2n) is 2.96. The van der Waals surface area contributed by atoms with Crippen LogP contribution in [-0.4, -0.2) is 36.4 Å². The first kappa shape index (κ1) is 9.97. The molecule has 0 fully saturated rings. The number of hydrogen-bond acceptors (Lipinski definition) is 6. The van der Waals surface area contributed by atoms with Crippen LogP contribution in [0.1, 0.15) is 5.56 Å². The summed E-state index contributed by atoms with van der Waals surface area (Å²) in [7, 11) is 0. The van der Waals surface area contributed by atoms with Gasteiger partial charge in [0.15, 0.2) is 11.5 Å². The third kappa shape index (κ3) is 1.78. The third-order valence-corrected chi connectivity index (χ3v) is 1.90. The Hall–Kier alpha value is -2.57. The number of aromatic nitrogens is 3. The van der Waals surface area contributed by atoms with Crippen LogP contribution in [0.2, 0.25) is 0 Å². The molecule has 0 spiro atoms. The predicted octanol–water partition coefficient (Wildman–Crippen LogP) is 0.277. The highest BCUT2D eigenvalue weighted by molar-refractivity contribution is 5.85. The minimum atomic E-state index is -0.576. The van der Waals surface area contributed by atoms with E-state index in [0.29, 0.717) is 0 Å². The summed E-state index contributed by atoms with van der Waals surface area (Å²) in [6, 6.07) is 2.67. The van der Waals surface area contributed by atoms with Gasteiger partial charge in [0, 0.05) is 5.56 Å². The van der Waals surface area contributed by atoms with Crippen molar-refractivity contribution >= 4 is 6.21 Å². The molecule has 0 unspecified atom stereocenters. The smallest absolute Gasteiger partial charge is 0.200 e. The molecule has 82 valence electrons. The van der Waals surface area contributed by atoms with E-state index in [2.05, 4.69) is 15.3 Å². The van der Waals surface area contributed by atoms with E-state index in [1.165, 1.54) is 35.7 Å². The number of phenols is 3. The van der Waals surface area contributed by atoms with Crippen LogP contribution in [0.5, 0.6) is 17.2 Å². The maximum Gasteiger partial charge on any atom is 0.200 e. The average Bonchev–Trinajstić information content (AvgIpc) is 2.78. The fourth-order valence-corrected chi connectivity index (χ4v) is 1.07. The first-order chi connectivity index (χ1) is 7.68. The predicted molar refractivity (Wildman–Crippen MR) is 54.5 cm³/mol. The van der Waals surface area contributed by atoms with Crippen molar-refractivity contribution in [1.82, 2.24) is 14.9 Å². The van der Waals surface area contributed by atoms with Crippen molar-refractivity contribution in [3.05, 3.63) is 30.4 Å². The Morgan fingerprint density at radius 2 is 1.75 bits per heavy atom. The van der Waals surface area contributed by atoms with E-state index in [9.17, 15) is 10.2 Å². The highest BCUT2D eigenvalue weighted by atomic mass is 16.3. The highest BCUT2D eigenvalue weighted by Crippen LogP contribution is 2.36. The van der Waals surface area contributed by atoms with Gasteiger partial charge in [-0.05, 0) is 12.1 Å². The first-order valence-corrected chi connectivity index (χ1v) is 4.31. The van der Waals surface area contributed by atoms with Crippen LogP contribution in [0.25, 0.3) is 0 Å². The molecule has 1 aromatic heterocycles. The number of hydrogen-bond donors (Lipinski definition) is 3. The fraction of sp³-hybridized carbons (Fsp3) is 0. The Kier molecular flexibility index (Phi) is 2.42. The van der Waals surface area contributed by atoms with Crippen LogP contribution in [0, 0.1) is 0 Å². The fourth-order valence-electron chi connectivity index (χ4n) is 1.07. The van der Waals surface area contributed by atoms with Crippen LogP contribution in [-0.2, 0) is 0 Å². The van der Waals surface area contributed by atoms with Crippen molar-refractivity contribution in [3.8, 4) is 17.2 Å². The molecule has 0 saturated carbocycles. The normalized spacial score (nSPS) is 11.0. The van der Waals surface area contributed by atoms with E-state index < -0.39 is 11.5 Å². The number of rotatable bonds is 2. The lowest BCUT2D eigenvalue weighted by Crippen LogP contribution is -1.88. The molecular formula is C9H8N4O3. The van der Waals surface area contributed by atoms with Crippen LogP contribution >= 0.6 is 0 Å². The zero-order valence-electron chi connectivity index (χ0n) is 8.02. The van der Waals surface area contributed by atoms with Crippen molar-refractivity contribution in [2.75, 3.05) is 0 Å². The summed E-state index contributed by atoms with van der Waals surface area (Å²) in [5, 5.41) is 38.8. The molecule has 0 atom stereocenters. The van der Waals surface area contributed by atoms with Gasteiger partial charge in [-0.25, -0.2) is 4.68 Å². The van der Waals surface area contributed by atoms with Gasteiger partial charge in [0.05, 0.1) is 6.21 Å². The molecule has 0 aliphatic carbocycles. The molecule has 2 aromatic rings. The van der Waals surface area contributed by atoms with Crippen LogP contribution in [0.3, 0.4) is 0 Å². The molecule has 1 aromatic carbocycles. The molecule has 0 aliphatic rings. The summed E-state index contributed by atoms with van der Waals surface area (Å²) >= 11 is 0. The Morgan fingerprint density at radius 1 is 1.06 bits per heavy atom. The van der Waals surface area contributed by atoms with E-state index in [-0.39, 0.29) is 11.3 Å². The molecule has 7 nitrogen and oxygen atoms in total. The molecule has 16 heavy (non-hydrogen) atoms. The standard InChI is InChI=1S/C9H8N4O3/c14-7-2-1-6(8(15)9(7)16)3-12-13-4-10-11-5-13/h1-5,14-16H. The topological polar surface area (TPSA) is 104 Å². The zero-order valence-corrected chi connectivity index (χ0v) is 8.02. The Morgan fingerprint density at radius 3 is 2.44 bits per heavy atom. The zero-order chi connectivity index (χ0) is 11.5. The molecule has 3 N–H and O–H groups in total. The van der Waals surface area contributed by atoms with Gasteiger partial charge in [-0.1, -0.05) is 0 Å². The second-order valence-corrected chi connectivity index (χ2v) is 2.96. The summed E-state index contributed by atoms with van der Waals surface area (Å²) in [5.74, 6) is -1.40. The SMILES string of the molecule is Oc1ccc(C=Nn2cnnc2)c(O)c1O. The number of aromatic hydroxyl groups is 3. The average molecular weight is 220 g/mol. The van der Waals surface area contributed by atoms with Gasteiger partial charge in [-0.15, -0.1) is 10.2 Å². The Labute approximate surface area is 89.9 Å². The molecule has 7 heteroatoms. The van der Waals surface area contributed by atoms with Gasteiger partial charge in [-0.2, -0.15) is 5.10 Å². The van der Waals surface area contributed by atoms with E-state index >= 15 is 0 Å². The largest absolute Gasteiger partial charge is 0.504 e. The summed E-state index contributed by atoms with van der Waals surface area (Å²) in [6.45, 7) is 0. The number of benzene rings is 1. The van der Waals surface area contributed by atoms with E-state index in [1.807, 2.05) is 0 Å². The number of nitrogens with zero attached hydrogens (tertiary/aromatic N) is 4.